The van der Waals surface area contributed by atoms with E-state index in [2.05, 4.69) is 18.8 Å². The topological polar surface area (TPSA) is 79.2 Å². The molecule has 0 bridgehead atoms. The Kier molecular flexibility index (Phi) is 8.19. The van der Waals surface area contributed by atoms with Gasteiger partial charge in [0.2, 0.25) is 5.91 Å². The molecule has 1 spiro atoms. The molecule has 2 atom stereocenters. The molecule has 2 saturated heterocycles. The summed E-state index contributed by atoms with van der Waals surface area (Å²) < 4.78 is 3.94. The number of hydrogen-bond donors (Lipinski definition) is 1. The molecule has 174 valence electrons. The summed E-state index contributed by atoms with van der Waals surface area (Å²) in [7, 11) is 0. The first-order chi connectivity index (χ1) is 14.9. The number of hydrogen-bond acceptors (Lipinski definition) is 7. The lowest BCUT2D eigenvalue weighted by atomic mass is 9.78. The van der Waals surface area contributed by atoms with Crippen LogP contribution in [0.25, 0.3) is 0 Å². The molecular weight excluding hydrogens is 432 g/mol. The number of amidine groups is 1. The first-order valence-electron chi connectivity index (χ1n) is 11.6. The van der Waals surface area contributed by atoms with Crippen molar-refractivity contribution in [2.75, 3.05) is 18.9 Å². The van der Waals surface area contributed by atoms with Crippen molar-refractivity contribution in [2.45, 2.75) is 94.7 Å². The molecule has 8 heteroatoms. The molecule has 1 amide bonds. The van der Waals surface area contributed by atoms with E-state index in [0.717, 1.165) is 51.4 Å². The Labute approximate surface area is 194 Å². The second kappa shape index (κ2) is 10.3. The lowest BCUT2D eigenvalue weighted by Crippen LogP contribution is -2.58. The fourth-order valence-corrected chi connectivity index (χ4v) is 8.58. The summed E-state index contributed by atoms with van der Waals surface area (Å²) in [5, 5.41) is 11.8. The maximum absolute atomic E-state index is 14.0. The number of carbonyl (C=O) groups excluding carboxylic acids is 2. The fraction of sp³-hybridized carbons (Fsp3) is 0.783. The summed E-state index contributed by atoms with van der Waals surface area (Å²) in [5.74, 6) is 0.0611. The van der Waals surface area contributed by atoms with Gasteiger partial charge in [-0.2, -0.15) is 11.8 Å². The smallest absolute Gasteiger partial charge is 0.337 e. The zero-order chi connectivity index (χ0) is 22.6. The van der Waals surface area contributed by atoms with E-state index in [1.165, 1.54) is 11.8 Å². The van der Waals surface area contributed by atoms with Crippen LogP contribution in [0.15, 0.2) is 16.3 Å². The summed E-state index contributed by atoms with van der Waals surface area (Å²) in [6, 6.07) is 0. The monoisotopic (exact) mass is 468 g/mol. The van der Waals surface area contributed by atoms with Gasteiger partial charge in [-0.15, -0.1) is 0 Å². The molecular formula is C23H36N2O4S2. The summed E-state index contributed by atoms with van der Waals surface area (Å²) in [5.41, 5.74) is 1.03. The van der Waals surface area contributed by atoms with Crippen LogP contribution >= 0.6 is 23.5 Å². The van der Waals surface area contributed by atoms with Gasteiger partial charge in [-0.25, -0.2) is 9.79 Å². The number of aliphatic hydroxyl groups is 1. The van der Waals surface area contributed by atoms with Crippen LogP contribution < -0.4 is 0 Å². The molecule has 2 fully saturated rings. The molecule has 0 aliphatic carbocycles. The van der Waals surface area contributed by atoms with Crippen molar-refractivity contribution < 1.29 is 19.4 Å². The first-order valence-corrected chi connectivity index (χ1v) is 13.5. The van der Waals surface area contributed by atoms with Gasteiger partial charge < -0.3 is 9.84 Å². The maximum atomic E-state index is 14.0. The molecule has 3 aliphatic rings. The van der Waals surface area contributed by atoms with Crippen molar-refractivity contribution >= 4 is 40.6 Å². The van der Waals surface area contributed by atoms with Crippen molar-refractivity contribution in [3.63, 3.8) is 0 Å². The third kappa shape index (κ3) is 4.32. The van der Waals surface area contributed by atoms with Gasteiger partial charge in [-0.1, -0.05) is 64.1 Å². The van der Waals surface area contributed by atoms with Crippen molar-refractivity contribution in [3.05, 3.63) is 11.3 Å². The third-order valence-electron chi connectivity index (χ3n) is 6.62. The van der Waals surface area contributed by atoms with E-state index >= 15 is 0 Å². The lowest BCUT2D eigenvalue weighted by molar-refractivity contribution is -0.139. The second-order valence-corrected chi connectivity index (χ2v) is 11.3. The zero-order valence-electron chi connectivity index (χ0n) is 19.2. The fourth-order valence-electron chi connectivity index (χ4n) is 4.89. The minimum Gasteiger partial charge on any atom is -0.463 e. The minimum atomic E-state index is -0.928. The number of carbonyl (C=O) groups is 2. The van der Waals surface area contributed by atoms with E-state index in [9.17, 15) is 14.7 Å². The number of rotatable bonds is 10. The highest BCUT2D eigenvalue weighted by molar-refractivity contribution is 8.17. The number of nitrogens with zero attached hydrogens (tertiary/aromatic N) is 2. The third-order valence-corrected chi connectivity index (χ3v) is 10.2. The van der Waals surface area contributed by atoms with Crippen LogP contribution in [0, 0.1) is 0 Å². The molecule has 0 aromatic rings. The number of aliphatic imine (C=N–C) groups is 1. The number of fused-ring (bicyclic) bond motifs is 1. The number of thioether (sulfide) groups is 2. The maximum Gasteiger partial charge on any atom is 0.337 e. The van der Waals surface area contributed by atoms with Gasteiger partial charge in [-0.05, 0) is 26.7 Å². The van der Waals surface area contributed by atoms with E-state index in [1.807, 2.05) is 0 Å². The van der Waals surface area contributed by atoms with Crippen LogP contribution in [-0.4, -0.2) is 61.6 Å². The number of unbranched alkanes of at least 4 members (excludes halogenated alkanes) is 4. The molecule has 31 heavy (non-hydrogen) atoms. The predicted molar refractivity (Wildman–Crippen MR) is 128 cm³/mol. The lowest BCUT2D eigenvalue weighted by Gasteiger charge is -2.42. The van der Waals surface area contributed by atoms with Crippen molar-refractivity contribution in [3.8, 4) is 0 Å². The highest BCUT2D eigenvalue weighted by Crippen LogP contribution is 2.62. The summed E-state index contributed by atoms with van der Waals surface area (Å²) in [6.45, 7) is 8.39. The summed E-state index contributed by atoms with van der Waals surface area (Å²) >= 11 is 3.23. The second-order valence-electron chi connectivity index (χ2n) is 8.64. The number of esters is 1. The van der Waals surface area contributed by atoms with Crippen LogP contribution in [0.5, 0.6) is 0 Å². The van der Waals surface area contributed by atoms with Gasteiger partial charge >= 0.3 is 5.97 Å². The Morgan fingerprint density at radius 3 is 2.42 bits per heavy atom. The van der Waals surface area contributed by atoms with Gasteiger partial charge in [0.1, 0.15) is 4.75 Å². The van der Waals surface area contributed by atoms with Gasteiger partial charge in [0, 0.05) is 10.5 Å². The van der Waals surface area contributed by atoms with Crippen molar-refractivity contribution in [2.24, 2.45) is 4.99 Å². The molecule has 3 heterocycles. The zero-order valence-corrected chi connectivity index (χ0v) is 20.9. The largest absolute Gasteiger partial charge is 0.463 e. The minimum absolute atomic E-state index is 0.0870. The molecule has 3 rings (SSSR count). The summed E-state index contributed by atoms with van der Waals surface area (Å²) in [6.07, 6.45) is 7.71. The average molecular weight is 469 g/mol. The van der Waals surface area contributed by atoms with E-state index in [4.69, 9.17) is 4.74 Å². The number of aliphatic hydroxyl groups excluding tert-OH is 1. The van der Waals surface area contributed by atoms with Crippen LogP contribution in [0.1, 0.15) is 79.1 Å². The van der Waals surface area contributed by atoms with Gasteiger partial charge in [-0.3, -0.25) is 9.69 Å². The van der Waals surface area contributed by atoms with E-state index in [-0.39, 0.29) is 23.8 Å². The Hall–Kier alpha value is -0.990. The molecule has 6 nitrogen and oxygen atoms in total. The summed E-state index contributed by atoms with van der Waals surface area (Å²) in [4.78, 5) is 32.6. The van der Waals surface area contributed by atoms with Gasteiger partial charge in [0.05, 0.1) is 30.5 Å². The molecule has 2 unspecified atom stereocenters. The van der Waals surface area contributed by atoms with Crippen molar-refractivity contribution in [1.82, 2.24) is 4.90 Å². The molecule has 1 N–H and O–H groups in total. The van der Waals surface area contributed by atoms with Gasteiger partial charge in [0.25, 0.3) is 0 Å². The Bertz CT molecular complexity index is 757. The molecule has 0 radical (unpaired) electrons. The quantitative estimate of drug-likeness (QED) is 0.375. The van der Waals surface area contributed by atoms with Crippen LogP contribution in [-0.2, 0) is 14.3 Å². The number of allylic oxidation sites excluding steroid dienone is 1. The highest BCUT2D eigenvalue weighted by Gasteiger charge is 2.70. The molecule has 3 aliphatic heterocycles. The number of amides is 1. The molecule has 0 saturated carbocycles. The Balaban J connectivity index is 1.94. The van der Waals surface area contributed by atoms with Crippen LogP contribution in [0.2, 0.25) is 0 Å². The SMILES string of the molecule is CCCCCC1(CCCCC)SCC(O)C12SC1=NC(C)=C(C(=O)OCC)CN1C2=O. The van der Waals surface area contributed by atoms with Crippen molar-refractivity contribution in [1.29, 1.82) is 0 Å². The average Bonchev–Trinajstić information content (AvgIpc) is 3.18. The first kappa shape index (κ1) is 24.6. The van der Waals surface area contributed by atoms with E-state index in [1.54, 1.807) is 30.5 Å². The highest BCUT2D eigenvalue weighted by atomic mass is 32.2. The Morgan fingerprint density at radius 1 is 1.19 bits per heavy atom. The predicted octanol–water partition coefficient (Wildman–Crippen LogP) is 4.51. The molecule has 0 aromatic heterocycles. The van der Waals surface area contributed by atoms with E-state index in [0.29, 0.717) is 22.2 Å². The van der Waals surface area contributed by atoms with Crippen LogP contribution in [0.4, 0.5) is 0 Å². The normalized spacial score (nSPS) is 27.1. The van der Waals surface area contributed by atoms with Crippen LogP contribution in [0.3, 0.4) is 0 Å². The number of ether oxygens (including phenoxy) is 1. The van der Waals surface area contributed by atoms with Gasteiger partial charge in [0.15, 0.2) is 5.17 Å². The van der Waals surface area contributed by atoms with E-state index < -0.39 is 16.8 Å². The molecule has 0 aromatic carbocycles. The standard InChI is InChI=1S/C23H36N2O4S2/c1-5-8-10-12-22(13-11-9-6-2)23(18(26)15-30-22)20(28)25-14-17(19(27)29-7-3)16(4)24-21(25)31-23/h18,26H,5-15H2,1-4H3. The Morgan fingerprint density at radius 2 is 1.84 bits per heavy atom.